The van der Waals surface area contributed by atoms with Crippen molar-refractivity contribution in [1.82, 2.24) is 4.90 Å². The van der Waals surface area contributed by atoms with E-state index in [2.05, 4.69) is 15.9 Å². The van der Waals surface area contributed by atoms with Crippen molar-refractivity contribution in [3.05, 3.63) is 34.6 Å². The Balaban J connectivity index is 3.14. The maximum Gasteiger partial charge on any atom is 0.258 e. The highest BCUT2D eigenvalue weighted by molar-refractivity contribution is 9.09. The molecule has 2 nitrogen and oxygen atoms in total. The van der Waals surface area contributed by atoms with E-state index in [1.54, 1.807) is 7.05 Å². The Morgan fingerprint density at radius 2 is 2.12 bits per heavy atom. The molecular weight excluding hydrogens is 308 g/mol. The van der Waals surface area contributed by atoms with E-state index in [1.165, 1.54) is 23.1 Å². The van der Waals surface area contributed by atoms with Gasteiger partial charge < -0.3 is 4.90 Å². The van der Waals surface area contributed by atoms with E-state index in [0.29, 0.717) is 5.33 Å². The summed E-state index contributed by atoms with van der Waals surface area (Å²) in [5, 5.41) is 0.723. The first-order chi connectivity index (χ1) is 7.81. The average Bonchev–Trinajstić information content (AvgIpc) is 2.27. The summed E-state index contributed by atoms with van der Waals surface area (Å²) >= 11 is 9.19. The van der Waals surface area contributed by atoms with E-state index in [1.807, 2.05) is 13.8 Å². The van der Waals surface area contributed by atoms with E-state index in [4.69, 9.17) is 11.6 Å². The molecule has 0 saturated heterocycles. The Hall–Kier alpha value is -0.610. The van der Waals surface area contributed by atoms with E-state index in [9.17, 15) is 9.18 Å². The molecule has 5 heteroatoms. The normalized spacial score (nSPS) is 11.4. The van der Waals surface area contributed by atoms with Crippen LogP contribution in [0, 0.1) is 5.82 Å². The molecule has 0 radical (unpaired) electrons. The quantitative estimate of drug-likeness (QED) is 0.777. The molecule has 0 aliphatic carbocycles. The van der Waals surface area contributed by atoms with Gasteiger partial charge in [-0.3, -0.25) is 4.79 Å². The predicted molar refractivity (Wildman–Crippen MR) is 71.4 cm³/mol. The summed E-state index contributed by atoms with van der Waals surface area (Å²) in [7, 11) is 1.63. The van der Waals surface area contributed by atoms with Crippen molar-refractivity contribution in [3.63, 3.8) is 0 Å². The molecule has 0 bridgehead atoms. The number of carbonyl (C=O) groups is 1. The molecule has 0 spiro atoms. The van der Waals surface area contributed by atoms with Gasteiger partial charge in [0.25, 0.3) is 5.91 Å². The molecule has 0 saturated carbocycles. The Morgan fingerprint density at radius 1 is 1.53 bits per heavy atom. The van der Waals surface area contributed by atoms with Crippen molar-refractivity contribution < 1.29 is 9.18 Å². The van der Waals surface area contributed by atoms with Crippen LogP contribution in [0.5, 0.6) is 0 Å². The van der Waals surface area contributed by atoms with Crippen molar-refractivity contribution in [3.8, 4) is 0 Å². The first kappa shape index (κ1) is 14.5. The second-order valence-corrected chi connectivity index (χ2v) is 5.37. The fourth-order valence-electron chi connectivity index (χ4n) is 1.23. The number of alkyl halides is 1. The summed E-state index contributed by atoms with van der Waals surface area (Å²) in [5.41, 5.74) is -0.492. The van der Waals surface area contributed by atoms with Crippen LogP contribution in [0.4, 0.5) is 4.39 Å². The summed E-state index contributed by atoms with van der Waals surface area (Å²) in [6.45, 7) is 3.77. The first-order valence-corrected chi connectivity index (χ1v) is 6.59. The topological polar surface area (TPSA) is 20.3 Å². The minimum atomic E-state index is -0.597. The molecule has 1 rings (SSSR count). The smallest absolute Gasteiger partial charge is 0.258 e. The lowest BCUT2D eigenvalue weighted by molar-refractivity contribution is 0.0659. The Kier molecular flexibility index (Phi) is 4.55. The highest BCUT2D eigenvalue weighted by Crippen LogP contribution is 2.24. The van der Waals surface area contributed by atoms with Gasteiger partial charge in [0.05, 0.1) is 10.6 Å². The molecule has 0 unspecified atom stereocenters. The standard InChI is InChI=1S/C12H14BrClFNO/c1-12(2,7-13)16(3)11(17)10-8(14)5-4-6-9(10)15/h4-6H,7H2,1-3H3. The summed E-state index contributed by atoms with van der Waals surface area (Å²) in [6, 6.07) is 4.21. The lowest BCUT2D eigenvalue weighted by Gasteiger charge is -2.34. The molecule has 0 fully saturated rings. The van der Waals surface area contributed by atoms with Crippen LogP contribution in [0.2, 0.25) is 5.02 Å². The van der Waals surface area contributed by atoms with Crippen molar-refractivity contribution in [2.75, 3.05) is 12.4 Å². The first-order valence-electron chi connectivity index (χ1n) is 5.09. The molecule has 94 valence electrons. The molecule has 0 aliphatic heterocycles. The summed E-state index contributed by atoms with van der Waals surface area (Å²) < 4.78 is 13.6. The van der Waals surface area contributed by atoms with Crippen molar-refractivity contribution in [1.29, 1.82) is 0 Å². The lowest BCUT2D eigenvalue weighted by Crippen LogP contribution is -2.46. The van der Waals surface area contributed by atoms with Crippen LogP contribution in [0.3, 0.4) is 0 Å². The molecule has 1 amide bonds. The van der Waals surface area contributed by atoms with Crippen LogP contribution >= 0.6 is 27.5 Å². The zero-order chi connectivity index (χ0) is 13.2. The third-order valence-corrected chi connectivity index (χ3v) is 4.40. The Morgan fingerprint density at radius 3 is 2.59 bits per heavy atom. The predicted octanol–water partition coefficient (Wildman–Crippen LogP) is 3.72. The van der Waals surface area contributed by atoms with Gasteiger partial charge in [0.1, 0.15) is 5.82 Å². The average molecular weight is 323 g/mol. The fourth-order valence-corrected chi connectivity index (χ4v) is 1.85. The largest absolute Gasteiger partial charge is 0.336 e. The van der Waals surface area contributed by atoms with Gasteiger partial charge in [-0.1, -0.05) is 33.6 Å². The van der Waals surface area contributed by atoms with Gasteiger partial charge in [-0.25, -0.2) is 4.39 Å². The lowest BCUT2D eigenvalue weighted by atomic mass is 10.0. The number of amides is 1. The highest BCUT2D eigenvalue weighted by Gasteiger charge is 2.29. The van der Waals surface area contributed by atoms with E-state index in [0.717, 1.165) is 0 Å². The molecule has 0 atom stereocenters. The maximum absolute atomic E-state index is 13.6. The van der Waals surface area contributed by atoms with Gasteiger partial charge in [0.2, 0.25) is 0 Å². The molecular formula is C12H14BrClFNO. The van der Waals surface area contributed by atoms with Gasteiger partial charge in [0.15, 0.2) is 0 Å². The van der Waals surface area contributed by atoms with Gasteiger partial charge in [-0.05, 0) is 26.0 Å². The molecule has 0 aromatic heterocycles. The van der Waals surface area contributed by atoms with Gasteiger partial charge in [-0.15, -0.1) is 0 Å². The zero-order valence-electron chi connectivity index (χ0n) is 9.93. The number of hydrogen-bond donors (Lipinski definition) is 0. The number of rotatable bonds is 3. The number of carbonyl (C=O) groups excluding carboxylic acids is 1. The number of hydrogen-bond acceptors (Lipinski definition) is 1. The number of benzene rings is 1. The van der Waals surface area contributed by atoms with Crippen LogP contribution in [0.25, 0.3) is 0 Å². The SMILES string of the molecule is CN(C(=O)c1c(F)cccc1Cl)C(C)(C)CBr. The van der Waals surface area contributed by atoms with Crippen molar-refractivity contribution in [2.24, 2.45) is 0 Å². The van der Waals surface area contributed by atoms with Gasteiger partial charge in [-0.2, -0.15) is 0 Å². The van der Waals surface area contributed by atoms with Crippen molar-refractivity contribution >= 4 is 33.4 Å². The van der Waals surface area contributed by atoms with E-state index >= 15 is 0 Å². The fraction of sp³-hybridized carbons (Fsp3) is 0.417. The molecule has 1 aromatic rings. The second-order valence-electron chi connectivity index (χ2n) is 4.41. The third-order valence-electron chi connectivity index (χ3n) is 2.72. The molecule has 0 heterocycles. The van der Waals surface area contributed by atoms with Gasteiger partial charge >= 0.3 is 0 Å². The zero-order valence-corrected chi connectivity index (χ0v) is 12.3. The molecule has 1 aromatic carbocycles. The third kappa shape index (κ3) is 2.99. The maximum atomic E-state index is 13.6. The van der Waals surface area contributed by atoms with Crippen LogP contribution in [-0.4, -0.2) is 28.7 Å². The van der Waals surface area contributed by atoms with E-state index in [-0.39, 0.29) is 10.6 Å². The summed E-state index contributed by atoms with van der Waals surface area (Å²) in [6.07, 6.45) is 0. The molecule has 0 aliphatic rings. The Labute approximate surface area is 114 Å². The number of halogens is 3. The monoisotopic (exact) mass is 321 g/mol. The van der Waals surface area contributed by atoms with Crippen LogP contribution in [0.15, 0.2) is 18.2 Å². The summed E-state index contributed by atoms with van der Waals surface area (Å²) in [5.74, 6) is -1.02. The van der Waals surface area contributed by atoms with Crippen LogP contribution < -0.4 is 0 Å². The van der Waals surface area contributed by atoms with Crippen LogP contribution in [0.1, 0.15) is 24.2 Å². The van der Waals surface area contributed by atoms with Crippen molar-refractivity contribution in [2.45, 2.75) is 19.4 Å². The van der Waals surface area contributed by atoms with Gasteiger partial charge in [0, 0.05) is 17.9 Å². The van der Waals surface area contributed by atoms with Crippen LogP contribution in [-0.2, 0) is 0 Å². The van der Waals surface area contributed by atoms with E-state index < -0.39 is 17.3 Å². The minimum absolute atomic E-state index is 0.0781. The molecule has 17 heavy (non-hydrogen) atoms. The minimum Gasteiger partial charge on any atom is -0.336 e. The number of nitrogens with zero attached hydrogens (tertiary/aromatic N) is 1. The molecule has 0 N–H and O–H groups in total. The Bertz CT molecular complexity index is 416. The highest BCUT2D eigenvalue weighted by atomic mass is 79.9. The summed E-state index contributed by atoms with van der Waals surface area (Å²) in [4.78, 5) is 13.7. The second kappa shape index (κ2) is 5.36.